The van der Waals surface area contributed by atoms with Gasteiger partial charge in [0.25, 0.3) is 5.56 Å². The van der Waals surface area contributed by atoms with Gasteiger partial charge in [-0.05, 0) is 44.0 Å². The zero-order valence-corrected chi connectivity index (χ0v) is 18.7. The molecule has 2 aromatic heterocycles. The van der Waals surface area contributed by atoms with Crippen LogP contribution in [0.3, 0.4) is 0 Å². The van der Waals surface area contributed by atoms with Crippen LogP contribution < -0.4 is 10.9 Å². The molecule has 3 heterocycles. The summed E-state index contributed by atoms with van der Waals surface area (Å²) >= 11 is 0. The molecule has 0 unspecified atom stereocenters. The lowest BCUT2D eigenvalue weighted by Gasteiger charge is -2.30. The van der Waals surface area contributed by atoms with Gasteiger partial charge in [0.15, 0.2) is 0 Å². The number of rotatable bonds is 5. The fourth-order valence-electron chi connectivity index (χ4n) is 3.94. The number of hydrogen-bond acceptors (Lipinski definition) is 5. The number of nitrogens with zero attached hydrogens (tertiary/aromatic N) is 4. The highest BCUT2D eigenvalue weighted by atomic mass is 32.2. The maximum Gasteiger partial charge on any atom is 0.295 e. The first-order chi connectivity index (χ1) is 15.3. The van der Waals surface area contributed by atoms with Gasteiger partial charge in [-0.1, -0.05) is 18.2 Å². The first-order valence-corrected chi connectivity index (χ1v) is 11.8. The van der Waals surface area contributed by atoms with Crippen molar-refractivity contribution < 1.29 is 13.2 Å². The summed E-state index contributed by atoms with van der Waals surface area (Å²) in [6.45, 7) is 2.24. The standard InChI is InChI=1S/C22H25N5O4S/c1-16-20(22(29)27(25(16)2)18-7-4-3-5-8-18)24-21(28)17-10-13-26(14-11-17)32(30,31)19-9-6-12-23-15-19/h3-9,12,15,17H,10-11,13-14H2,1-2H3,(H,24,28). The van der Waals surface area contributed by atoms with Crippen LogP contribution in [0.25, 0.3) is 5.69 Å². The van der Waals surface area contributed by atoms with Crippen LogP contribution in [0.15, 0.2) is 64.5 Å². The quantitative estimate of drug-likeness (QED) is 0.633. The molecule has 10 heteroatoms. The van der Waals surface area contributed by atoms with Crippen LogP contribution in [-0.2, 0) is 21.9 Å². The number of sulfonamides is 1. The molecular weight excluding hydrogens is 430 g/mol. The molecule has 1 aromatic carbocycles. The molecule has 9 nitrogen and oxygen atoms in total. The Morgan fingerprint density at radius 2 is 1.78 bits per heavy atom. The fourth-order valence-corrected chi connectivity index (χ4v) is 5.38. The Bertz CT molecular complexity index is 1280. The largest absolute Gasteiger partial charge is 0.320 e. The van der Waals surface area contributed by atoms with E-state index < -0.39 is 10.0 Å². The van der Waals surface area contributed by atoms with E-state index in [0.29, 0.717) is 24.2 Å². The number of aromatic nitrogens is 3. The molecule has 1 saturated heterocycles. The first kappa shape index (κ1) is 22.0. The van der Waals surface area contributed by atoms with Crippen LogP contribution in [0.2, 0.25) is 0 Å². The van der Waals surface area contributed by atoms with E-state index in [0.717, 1.165) is 0 Å². The molecule has 168 valence electrons. The summed E-state index contributed by atoms with van der Waals surface area (Å²) in [5, 5.41) is 2.79. The van der Waals surface area contributed by atoms with Crippen molar-refractivity contribution in [2.75, 3.05) is 18.4 Å². The van der Waals surface area contributed by atoms with E-state index in [1.54, 1.807) is 24.7 Å². The molecule has 0 bridgehead atoms. The van der Waals surface area contributed by atoms with Crippen LogP contribution in [0.5, 0.6) is 0 Å². The molecule has 1 aliphatic heterocycles. The van der Waals surface area contributed by atoms with Gasteiger partial charge in [0, 0.05) is 38.4 Å². The first-order valence-electron chi connectivity index (χ1n) is 10.4. The third-order valence-corrected chi connectivity index (χ3v) is 7.78. The van der Waals surface area contributed by atoms with Gasteiger partial charge in [0.05, 0.1) is 11.4 Å². The van der Waals surface area contributed by atoms with E-state index >= 15 is 0 Å². The zero-order valence-electron chi connectivity index (χ0n) is 17.9. The Morgan fingerprint density at radius 3 is 2.41 bits per heavy atom. The number of benzene rings is 1. The van der Waals surface area contributed by atoms with Gasteiger partial charge in [0.1, 0.15) is 10.6 Å². The number of piperidine rings is 1. The molecule has 1 fully saturated rings. The molecule has 4 rings (SSSR count). The minimum atomic E-state index is -3.63. The second-order valence-electron chi connectivity index (χ2n) is 7.79. The van der Waals surface area contributed by atoms with Crippen LogP contribution in [0, 0.1) is 12.8 Å². The van der Waals surface area contributed by atoms with Crippen LogP contribution >= 0.6 is 0 Å². The Labute approximate surface area is 186 Å². The highest BCUT2D eigenvalue weighted by Gasteiger charge is 2.33. The maximum atomic E-state index is 13.0. The zero-order chi connectivity index (χ0) is 22.9. The number of carbonyl (C=O) groups excluding carboxylic acids is 1. The van der Waals surface area contributed by atoms with Crippen molar-refractivity contribution in [3.05, 3.63) is 70.9 Å². The van der Waals surface area contributed by atoms with Crippen LogP contribution in [0.4, 0.5) is 5.69 Å². The molecule has 1 aliphatic rings. The SMILES string of the molecule is Cc1c(NC(=O)C2CCN(S(=O)(=O)c3cccnc3)CC2)c(=O)n(-c2ccccc2)n1C. The Hall–Kier alpha value is -3.24. The third-order valence-electron chi connectivity index (χ3n) is 5.90. The van der Waals surface area contributed by atoms with Crippen molar-refractivity contribution in [1.82, 2.24) is 18.7 Å². The monoisotopic (exact) mass is 455 g/mol. The molecule has 0 radical (unpaired) electrons. The molecule has 1 N–H and O–H groups in total. The second kappa shape index (κ2) is 8.71. The minimum absolute atomic E-state index is 0.143. The van der Waals surface area contributed by atoms with Gasteiger partial charge >= 0.3 is 0 Å². The summed E-state index contributed by atoms with van der Waals surface area (Å²) in [6.07, 6.45) is 3.60. The van der Waals surface area contributed by atoms with Gasteiger partial charge in [-0.15, -0.1) is 0 Å². The van der Waals surface area contributed by atoms with Gasteiger partial charge < -0.3 is 5.32 Å². The summed E-state index contributed by atoms with van der Waals surface area (Å²) in [6, 6.07) is 12.3. The van der Waals surface area contributed by atoms with Gasteiger partial charge in [-0.25, -0.2) is 13.1 Å². The van der Waals surface area contributed by atoms with Crippen molar-refractivity contribution in [3.63, 3.8) is 0 Å². The van der Waals surface area contributed by atoms with Crippen molar-refractivity contribution >= 4 is 21.6 Å². The highest BCUT2D eigenvalue weighted by Crippen LogP contribution is 2.25. The van der Waals surface area contributed by atoms with E-state index in [2.05, 4.69) is 10.3 Å². The second-order valence-corrected chi connectivity index (χ2v) is 9.73. The van der Waals surface area contributed by atoms with Crippen LogP contribution in [-0.4, -0.2) is 46.1 Å². The average Bonchev–Trinajstić information content (AvgIpc) is 3.03. The summed E-state index contributed by atoms with van der Waals surface area (Å²) in [4.78, 5) is 29.9. The van der Waals surface area contributed by atoms with E-state index in [-0.39, 0.29) is 41.1 Å². The number of amides is 1. The van der Waals surface area contributed by atoms with Gasteiger partial charge in [-0.2, -0.15) is 4.31 Å². The van der Waals surface area contributed by atoms with E-state index in [1.165, 1.54) is 27.4 Å². The van der Waals surface area contributed by atoms with E-state index in [4.69, 9.17) is 0 Å². The Kier molecular flexibility index (Phi) is 5.98. The molecule has 32 heavy (non-hydrogen) atoms. The number of carbonyl (C=O) groups is 1. The third kappa shape index (κ3) is 3.98. The average molecular weight is 456 g/mol. The smallest absolute Gasteiger partial charge is 0.295 e. The number of anilines is 1. The van der Waals surface area contributed by atoms with Gasteiger partial charge in [0.2, 0.25) is 15.9 Å². The Balaban J connectivity index is 1.47. The van der Waals surface area contributed by atoms with Crippen molar-refractivity contribution in [1.29, 1.82) is 0 Å². The van der Waals surface area contributed by atoms with Crippen molar-refractivity contribution in [2.45, 2.75) is 24.7 Å². The van der Waals surface area contributed by atoms with Crippen molar-refractivity contribution in [2.24, 2.45) is 13.0 Å². The molecule has 1 amide bonds. The molecule has 3 aromatic rings. The summed E-state index contributed by atoms with van der Waals surface area (Å²) < 4.78 is 30.1. The molecule has 0 saturated carbocycles. The van der Waals surface area contributed by atoms with E-state index in [1.807, 2.05) is 30.3 Å². The number of hydrogen-bond donors (Lipinski definition) is 1. The van der Waals surface area contributed by atoms with Crippen LogP contribution in [0.1, 0.15) is 18.5 Å². The summed E-state index contributed by atoms with van der Waals surface area (Å²) in [5.41, 5.74) is 1.29. The topological polar surface area (TPSA) is 106 Å². The molecular formula is C22H25N5O4S. The fraction of sp³-hybridized carbons (Fsp3) is 0.318. The summed E-state index contributed by atoms with van der Waals surface area (Å²) in [7, 11) is -1.87. The lowest BCUT2D eigenvalue weighted by Crippen LogP contribution is -2.41. The normalized spacial score (nSPS) is 15.6. The lowest BCUT2D eigenvalue weighted by molar-refractivity contribution is -0.120. The number of nitrogens with one attached hydrogen (secondary N) is 1. The number of para-hydroxylation sites is 1. The maximum absolute atomic E-state index is 13.0. The minimum Gasteiger partial charge on any atom is -0.320 e. The molecule has 0 atom stereocenters. The lowest BCUT2D eigenvalue weighted by atomic mass is 9.97. The van der Waals surface area contributed by atoms with E-state index in [9.17, 15) is 18.0 Å². The van der Waals surface area contributed by atoms with Gasteiger partial charge in [-0.3, -0.25) is 19.3 Å². The number of pyridine rings is 1. The van der Waals surface area contributed by atoms with Crippen molar-refractivity contribution in [3.8, 4) is 5.69 Å². The Morgan fingerprint density at radius 1 is 1.09 bits per heavy atom. The predicted octanol–water partition coefficient (Wildman–Crippen LogP) is 1.92. The molecule has 0 aliphatic carbocycles. The highest BCUT2D eigenvalue weighted by molar-refractivity contribution is 7.89. The summed E-state index contributed by atoms with van der Waals surface area (Å²) in [5.74, 6) is -0.644. The molecule has 0 spiro atoms. The predicted molar refractivity (Wildman–Crippen MR) is 120 cm³/mol.